The Bertz CT molecular complexity index is 973. The molecular formula is C19H11F4N3OS. The fourth-order valence-corrected chi connectivity index (χ4v) is 2.96. The number of allylic oxidation sites excluding steroid dienone is 1. The van der Waals surface area contributed by atoms with Crippen molar-refractivity contribution < 1.29 is 22.4 Å². The van der Waals surface area contributed by atoms with Gasteiger partial charge < -0.3 is 5.32 Å². The lowest BCUT2D eigenvalue weighted by Crippen LogP contribution is -2.09. The summed E-state index contributed by atoms with van der Waals surface area (Å²) in [5.74, 6) is -1.92. The third-order valence-corrected chi connectivity index (χ3v) is 4.43. The van der Waals surface area contributed by atoms with E-state index in [-0.39, 0.29) is 27.8 Å². The smallest absolute Gasteiger partial charge is 0.348 e. The number of hydrogen-bond donors (Lipinski definition) is 1. The highest BCUT2D eigenvalue weighted by atomic mass is 32.2. The van der Waals surface area contributed by atoms with E-state index in [2.05, 4.69) is 5.32 Å². The van der Waals surface area contributed by atoms with Crippen LogP contribution in [0.5, 0.6) is 0 Å². The highest BCUT2D eigenvalue weighted by Crippen LogP contribution is 2.33. The molecule has 0 radical (unpaired) electrons. The molecule has 28 heavy (non-hydrogen) atoms. The number of hydrogen-bond acceptors (Lipinski definition) is 5. The van der Waals surface area contributed by atoms with Crippen molar-refractivity contribution in [1.29, 1.82) is 10.5 Å². The van der Waals surface area contributed by atoms with Crippen LogP contribution < -0.4 is 5.32 Å². The summed E-state index contributed by atoms with van der Waals surface area (Å²) >= 11 is 0.821. The molecule has 0 bridgehead atoms. The highest BCUT2D eigenvalue weighted by molar-refractivity contribution is 8.03. The number of Topliss-reactive ketones (excluding diaryl/α,β-unsaturated/α-hetero) is 1. The SMILES string of the molecule is N#CC(C#N)=C(Nc1ccc(C(F)(F)F)c(F)c1)SCC(=O)c1ccccc1. The van der Waals surface area contributed by atoms with Crippen molar-refractivity contribution in [3.8, 4) is 12.1 Å². The lowest BCUT2D eigenvalue weighted by atomic mass is 10.2. The van der Waals surface area contributed by atoms with E-state index in [0.29, 0.717) is 17.7 Å². The second-order valence-electron chi connectivity index (χ2n) is 5.32. The number of benzene rings is 2. The molecule has 2 rings (SSSR count). The Labute approximate surface area is 162 Å². The van der Waals surface area contributed by atoms with Gasteiger partial charge in [-0.15, -0.1) is 0 Å². The van der Waals surface area contributed by atoms with Gasteiger partial charge in [0, 0.05) is 11.3 Å². The van der Waals surface area contributed by atoms with Crippen molar-refractivity contribution in [3.05, 3.63) is 76.1 Å². The summed E-state index contributed by atoms with van der Waals surface area (Å²) in [6.45, 7) is 0. The number of nitrogens with zero attached hydrogens (tertiary/aromatic N) is 2. The maximum absolute atomic E-state index is 13.7. The second kappa shape index (κ2) is 9.07. The number of ketones is 1. The molecule has 2 aromatic carbocycles. The zero-order valence-electron chi connectivity index (χ0n) is 14.0. The van der Waals surface area contributed by atoms with Gasteiger partial charge in [-0.3, -0.25) is 4.79 Å². The molecular weight excluding hydrogens is 394 g/mol. The first kappa shape index (κ1) is 21.0. The fraction of sp³-hybridized carbons (Fsp3) is 0.105. The molecule has 0 heterocycles. The van der Waals surface area contributed by atoms with Gasteiger partial charge in [0.25, 0.3) is 0 Å². The molecule has 0 aliphatic heterocycles. The Hall–Kier alpha value is -3.30. The van der Waals surface area contributed by atoms with Crippen LogP contribution in [-0.2, 0) is 6.18 Å². The van der Waals surface area contributed by atoms with E-state index in [1.54, 1.807) is 42.5 Å². The third kappa shape index (κ3) is 5.35. The minimum atomic E-state index is -4.84. The summed E-state index contributed by atoms with van der Waals surface area (Å²) in [5, 5.41) is 20.6. The van der Waals surface area contributed by atoms with Crippen molar-refractivity contribution in [2.75, 3.05) is 11.1 Å². The number of thioether (sulfide) groups is 1. The van der Waals surface area contributed by atoms with Crippen molar-refractivity contribution in [2.45, 2.75) is 6.18 Å². The molecule has 0 unspecified atom stereocenters. The van der Waals surface area contributed by atoms with Gasteiger partial charge in [-0.2, -0.15) is 23.7 Å². The average molecular weight is 405 g/mol. The van der Waals surface area contributed by atoms with E-state index < -0.39 is 17.6 Å². The first-order valence-electron chi connectivity index (χ1n) is 7.65. The first-order valence-corrected chi connectivity index (χ1v) is 8.64. The predicted molar refractivity (Wildman–Crippen MR) is 96.5 cm³/mol. The van der Waals surface area contributed by atoms with Gasteiger partial charge in [0.2, 0.25) is 0 Å². The monoisotopic (exact) mass is 405 g/mol. The first-order chi connectivity index (χ1) is 13.3. The summed E-state index contributed by atoms with van der Waals surface area (Å²) < 4.78 is 51.7. The molecule has 0 saturated heterocycles. The molecule has 0 spiro atoms. The van der Waals surface area contributed by atoms with Crippen LogP contribution in [0.25, 0.3) is 0 Å². The standard InChI is InChI=1S/C19H11F4N3OS/c20-16-8-14(6-7-15(16)19(21,22)23)26-18(13(9-24)10-25)28-11-17(27)12-4-2-1-3-5-12/h1-8,26H,11H2. The van der Waals surface area contributed by atoms with Crippen LogP contribution in [0, 0.1) is 28.5 Å². The van der Waals surface area contributed by atoms with Crippen molar-refractivity contribution in [2.24, 2.45) is 0 Å². The fourth-order valence-electron chi connectivity index (χ4n) is 2.10. The van der Waals surface area contributed by atoms with Gasteiger partial charge in [0.1, 0.15) is 23.0 Å². The number of nitriles is 2. The predicted octanol–water partition coefficient (Wildman–Crippen LogP) is 5.13. The topological polar surface area (TPSA) is 76.7 Å². The minimum Gasteiger partial charge on any atom is -0.348 e. The number of carbonyl (C=O) groups excluding carboxylic acids is 1. The number of halogens is 4. The molecule has 0 aromatic heterocycles. The van der Waals surface area contributed by atoms with Crippen LogP contribution >= 0.6 is 11.8 Å². The summed E-state index contributed by atoms with van der Waals surface area (Å²) in [6.07, 6.45) is -4.84. The van der Waals surface area contributed by atoms with Crippen LogP contribution in [-0.4, -0.2) is 11.5 Å². The Morgan fingerprint density at radius 1 is 1.07 bits per heavy atom. The maximum Gasteiger partial charge on any atom is 0.419 e. The maximum atomic E-state index is 13.7. The highest BCUT2D eigenvalue weighted by Gasteiger charge is 2.34. The Morgan fingerprint density at radius 3 is 2.25 bits per heavy atom. The molecule has 0 aliphatic carbocycles. The summed E-state index contributed by atoms with van der Waals surface area (Å²) in [7, 11) is 0. The largest absolute Gasteiger partial charge is 0.419 e. The summed E-state index contributed by atoms with van der Waals surface area (Å²) in [4.78, 5) is 12.2. The summed E-state index contributed by atoms with van der Waals surface area (Å²) in [5.41, 5.74) is -1.49. The zero-order chi connectivity index (χ0) is 20.7. The number of rotatable bonds is 6. The third-order valence-electron chi connectivity index (χ3n) is 3.43. The molecule has 0 amide bonds. The number of anilines is 1. The number of nitrogens with one attached hydrogen (secondary N) is 1. The molecule has 142 valence electrons. The lowest BCUT2D eigenvalue weighted by Gasteiger charge is -2.13. The van der Waals surface area contributed by atoms with Gasteiger partial charge in [-0.1, -0.05) is 42.1 Å². The van der Waals surface area contributed by atoms with E-state index in [4.69, 9.17) is 10.5 Å². The van der Waals surface area contributed by atoms with Crippen LogP contribution in [0.2, 0.25) is 0 Å². The van der Waals surface area contributed by atoms with Crippen molar-refractivity contribution in [1.82, 2.24) is 0 Å². The Morgan fingerprint density at radius 2 is 1.71 bits per heavy atom. The van der Waals surface area contributed by atoms with E-state index in [0.717, 1.165) is 17.8 Å². The molecule has 0 saturated carbocycles. The molecule has 1 N–H and O–H groups in total. The lowest BCUT2D eigenvalue weighted by molar-refractivity contribution is -0.139. The number of alkyl halides is 3. The quantitative estimate of drug-likeness (QED) is 0.410. The molecule has 0 atom stereocenters. The van der Waals surface area contributed by atoms with Crippen molar-refractivity contribution >= 4 is 23.2 Å². The molecule has 0 aliphatic rings. The van der Waals surface area contributed by atoms with Crippen LogP contribution in [0.15, 0.2) is 59.1 Å². The van der Waals surface area contributed by atoms with E-state index in [9.17, 15) is 22.4 Å². The van der Waals surface area contributed by atoms with Crippen molar-refractivity contribution in [3.63, 3.8) is 0 Å². The van der Waals surface area contributed by atoms with E-state index in [1.165, 1.54) is 0 Å². The van der Waals surface area contributed by atoms with Gasteiger partial charge in [-0.05, 0) is 18.2 Å². The van der Waals surface area contributed by atoms with Crippen LogP contribution in [0.3, 0.4) is 0 Å². The van der Waals surface area contributed by atoms with Gasteiger partial charge in [0.15, 0.2) is 11.4 Å². The Kier molecular flexibility index (Phi) is 6.80. The zero-order valence-corrected chi connectivity index (χ0v) is 14.9. The van der Waals surface area contributed by atoms with Gasteiger partial charge >= 0.3 is 6.18 Å². The second-order valence-corrected chi connectivity index (χ2v) is 6.31. The average Bonchev–Trinajstić information content (AvgIpc) is 2.66. The van der Waals surface area contributed by atoms with E-state index >= 15 is 0 Å². The van der Waals surface area contributed by atoms with Gasteiger partial charge in [-0.25, -0.2) is 4.39 Å². The number of carbonyl (C=O) groups is 1. The molecule has 2 aromatic rings. The molecule has 4 nitrogen and oxygen atoms in total. The van der Waals surface area contributed by atoms with E-state index in [1.807, 2.05) is 0 Å². The minimum absolute atomic E-state index is 0.0616. The Balaban J connectivity index is 2.23. The van der Waals surface area contributed by atoms with Crippen LogP contribution in [0.1, 0.15) is 15.9 Å². The molecule has 9 heteroatoms. The molecule has 0 fully saturated rings. The van der Waals surface area contributed by atoms with Crippen LogP contribution in [0.4, 0.5) is 23.2 Å². The van der Waals surface area contributed by atoms with Gasteiger partial charge in [0.05, 0.1) is 11.3 Å². The summed E-state index contributed by atoms with van der Waals surface area (Å²) in [6, 6.07) is 13.7. The normalized spacial score (nSPS) is 10.5.